The maximum atomic E-state index is 2.38. The van der Waals surface area contributed by atoms with Gasteiger partial charge >= 0.3 is 154 Å². The fourth-order valence-electron chi connectivity index (χ4n) is 2.65. The third-order valence-corrected chi connectivity index (χ3v) is 7.07. The van der Waals surface area contributed by atoms with Gasteiger partial charge in [-0.2, -0.15) is 0 Å². The fourth-order valence-corrected chi connectivity index (χ4v) is 5.95. The van der Waals surface area contributed by atoms with E-state index < -0.39 is 0 Å². The van der Waals surface area contributed by atoms with Gasteiger partial charge in [0.2, 0.25) is 0 Å². The second-order valence-electron chi connectivity index (χ2n) is 5.44. The summed E-state index contributed by atoms with van der Waals surface area (Å²) in [6, 6.07) is 34.7. The van der Waals surface area contributed by atoms with Crippen molar-refractivity contribution < 1.29 is 0 Å². The van der Waals surface area contributed by atoms with Crippen molar-refractivity contribution in [3.63, 3.8) is 0 Å². The topological polar surface area (TPSA) is 0 Å². The van der Waals surface area contributed by atoms with Crippen LogP contribution in [-0.2, 0) is 0 Å². The summed E-state index contributed by atoms with van der Waals surface area (Å²) in [5, 5.41) is 0. The molecule has 0 spiro atoms. The maximum absolute atomic E-state index is 2.38. The zero-order valence-corrected chi connectivity index (χ0v) is 15.6. The molecular formula is C22H16SSe. The Hall–Kier alpha value is -1.99. The predicted octanol–water partition coefficient (Wildman–Crippen LogP) is 4.60. The Morgan fingerprint density at radius 2 is 1.17 bits per heavy atom. The zero-order chi connectivity index (χ0) is 16.2. The fraction of sp³-hybridized carbons (Fsp3) is 0. The Bertz CT molecular complexity index is 830. The Morgan fingerprint density at radius 3 is 1.88 bits per heavy atom. The Morgan fingerprint density at radius 1 is 0.583 bits per heavy atom. The normalized spacial score (nSPS) is 10.8. The molecule has 0 heterocycles. The second-order valence-corrected chi connectivity index (χ2v) is 8.90. The van der Waals surface area contributed by atoms with Crippen LogP contribution in [0.3, 0.4) is 0 Å². The van der Waals surface area contributed by atoms with E-state index in [0.29, 0.717) is 15.0 Å². The molecule has 0 saturated carbocycles. The van der Waals surface area contributed by atoms with Gasteiger partial charge in [-0.25, -0.2) is 0 Å². The summed E-state index contributed by atoms with van der Waals surface area (Å²) in [7, 11) is 0. The van der Waals surface area contributed by atoms with Gasteiger partial charge in [-0.3, -0.25) is 0 Å². The van der Waals surface area contributed by atoms with Crippen LogP contribution in [0.25, 0.3) is 11.1 Å². The van der Waals surface area contributed by atoms with Crippen LogP contribution in [0, 0.1) is 0 Å². The molecule has 0 atom stereocenters. The van der Waals surface area contributed by atoms with Crippen LogP contribution in [0.4, 0.5) is 0 Å². The van der Waals surface area contributed by atoms with Crippen LogP contribution in [0.1, 0.15) is 0 Å². The molecule has 0 saturated heterocycles. The predicted molar refractivity (Wildman–Crippen MR) is 105 cm³/mol. The van der Waals surface area contributed by atoms with E-state index in [4.69, 9.17) is 0 Å². The van der Waals surface area contributed by atoms with Crippen LogP contribution < -0.4 is 8.92 Å². The van der Waals surface area contributed by atoms with Gasteiger partial charge in [0, 0.05) is 0 Å². The average molecular weight is 391 g/mol. The number of benzene rings is 2. The van der Waals surface area contributed by atoms with Crippen molar-refractivity contribution in [3.05, 3.63) is 97.1 Å². The van der Waals surface area contributed by atoms with Gasteiger partial charge in [0.15, 0.2) is 0 Å². The second kappa shape index (κ2) is 7.27. The number of hydrogen-bond donors (Lipinski definition) is 0. The van der Waals surface area contributed by atoms with Gasteiger partial charge in [0.05, 0.1) is 0 Å². The molecule has 2 aliphatic rings. The molecule has 0 bridgehead atoms. The number of hydrogen-bond acceptors (Lipinski definition) is 1. The SMILES string of the molecule is c1ccc(Sc2cc([Se]c3ccccc3)c3cccccc2-3)cc1. The van der Waals surface area contributed by atoms with Gasteiger partial charge in [0.25, 0.3) is 0 Å². The molecule has 0 amide bonds. The average Bonchev–Trinajstić information content (AvgIpc) is 2.80. The first kappa shape index (κ1) is 15.5. The van der Waals surface area contributed by atoms with E-state index in [1.165, 1.54) is 29.8 Å². The molecule has 0 fully saturated rings. The van der Waals surface area contributed by atoms with Gasteiger partial charge in [-0.05, 0) is 0 Å². The molecule has 0 aliphatic heterocycles. The first-order valence-corrected chi connectivity index (χ1v) is 10.4. The summed E-state index contributed by atoms with van der Waals surface area (Å²) in [5.41, 5.74) is 2.73. The van der Waals surface area contributed by atoms with Gasteiger partial charge in [0.1, 0.15) is 0 Å². The molecule has 0 radical (unpaired) electrons. The summed E-state index contributed by atoms with van der Waals surface area (Å²) in [6.07, 6.45) is 0. The summed E-state index contributed by atoms with van der Waals surface area (Å²) >= 11 is 2.18. The molecule has 4 rings (SSSR count). The third kappa shape index (κ3) is 3.42. The molecule has 2 aromatic carbocycles. The monoisotopic (exact) mass is 392 g/mol. The number of rotatable bonds is 4. The van der Waals surface area contributed by atoms with Crippen LogP contribution >= 0.6 is 11.8 Å². The van der Waals surface area contributed by atoms with E-state index in [1.807, 2.05) is 11.8 Å². The quantitative estimate of drug-likeness (QED) is 0.459. The van der Waals surface area contributed by atoms with Crippen LogP contribution in [0.5, 0.6) is 0 Å². The van der Waals surface area contributed by atoms with Crippen molar-refractivity contribution in [1.29, 1.82) is 0 Å². The van der Waals surface area contributed by atoms with Crippen molar-refractivity contribution in [2.75, 3.05) is 0 Å². The molecule has 0 unspecified atom stereocenters. The molecule has 2 aromatic rings. The minimum atomic E-state index is 0.323. The van der Waals surface area contributed by atoms with Crippen molar-refractivity contribution in [1.82, 2.24) is 0 Å². The standard InChI is InChI=1S/C22H16SSe/c1-4-10-17(11-5-1)23-21-16-22(24-18-12-6-2-7-13-18)20-15-9-3-8-14-19(20)21/h1-16H. The van der Waals surface area contributed by atoms with Gasteiger partial charge in [-0.1, -0.05) is 0 Å². The molecule has 0 N–H and O–H groups in total. The molecule has 0 aromatic heterocycles. The van der Waals surface area contributed by atoms with Crippen LogP contribution in [-0.4, -0.2) is 15.0 Å². The minimum absolute atomic E-state index is 0.323. The molecule has 2 heteroatoms. The molecular weight excluding hydrogens is 375 g/mol. The van der Waals surface area contributed by atoms with Gasteiger partial charge < -0.3 is 0 Å². The molecule has 24 heavy (non-hydrogen) atoms. The van der Waals surface area contributed by atoms with E-state index in [2.05, 4.69) is 97.1 Å². The van der Waals surface area contributed by atoms with E-state index >= 15 is 0 Å². The Labute approximate surface area is 153 Å². The summed E-state index contributed by atoms with van der Waals surface area (Å²) in [4.78, 5) is 2.63. The first-order valence-electron chi connectivity index (χ1n) is 7.88. The third-order valence-electron chi connectivity index (χ3n) is 3.77. The Balaban J connectivity index is 1.75. The Kier molecular flexibility index (Phi) is 4.71. The van der Waals surface area contributed by atoms with Crippen molar-refractivity contribution >= 4 is 35.6 Å². The van der Waals surface area contributed by atoms with Gasteiger partial charge in [-0.15, -0.1) is 0 Å². The first-order chi connectivity index (χ1) is 11.9. The van der Waals surface area contributed by atoms with E-state index in [0.717, 1.165) is 0 Å². The molecule has 0 nitrogen and oxygen atoms in total. The van der Waals surface area contributed by atoms with Crippen molar-refractivity contribution in [2.45, 2.75) is 9.79 Å². The van der Waals surface area contributed by atoms with Crippen molar-refractivity contribution in [2.24, 2.45) is 0 Å². The van der Waals surface area contributed by atoms with Crippen LogP contribution in [0.2, 0.25) is 0 Å². The van der Waals surface area contributed by atoms with Crippen molar-refractivity contribution in [3.8, 4) is 11.1 Å². The van der Waals surface area contributed by atoms with Crippen LogP contribution in [0.15, 0.2) is 107 Å². The molecule has 116 valence electrons. The van der Waals surface area contributed by atoms with E-state index in [9.17, 15) is 0 Å². The summed E-state index contributed by atoms with van der Waals surface area (Å²) in [6.45, 7) is 0. The number of fused-ring (bicyclic) bond motifs is 1. The zero-order valence-electron chi connectivity index (χ0n) is 13.1. The van der Waals surface area contributed by atoms with E-state index in [1.54, 1.807) is 0 Å². The molecule has 2 aliphatic carbocycles. The summed E-state index contributed by atoms with van der Waals surface area (Å²) < 4.78 is 2.87. The summed E-state index contributed by atoms with van der Waals surface area (Å²) in [5.74, 6) is 0. The van der Waals surface area contributed by atoms with E-state index in [-0.39, 0.29) is 0 Å².